The van der Waals surface area contributed by atoms with Gasteiger partial charge in [0.2, 0.25) is 10.0 Å². The smallest absolute Gasteiger partial charge is 0.242 e. The Balaban J connectivity index is 2.21. The molecule has 0 fully saturated rings. The van der Waals surface area contributed by atoms with Crippen LogP contribution in [0.1, 0.15) is 0 Å². The van der Waals surface area contributed by atoms with Crippen LogP contribution < -0.4 is 10.5 Å². The van der Waals surface area contributed by atoms with Crippen LogP contribution in [-0.2, 0) is 10.0 Å². The van der Waals surface area contributed by atoms with Crippen LogP contribution in [0.3, 0.4) is 0 Å². The summed E-state index contributed by atoms with van der Waals surface area (Å²) in [5.74, 6) is 1.15. The first-order chi connectivity index (χ1) is 9.39. The van der Waals surface area contributed by atoms with E-state index in [1.54, 1.807) is 36.4 Å². The van der Waals surface area contributed by atoms with E-state index in [1.807, 2.05) is 0 Å². The van der Waals surface area contributed by atoms with Gasteiger partial charge in [-0.05, 0) is 36.4 Å². The standard InChI is InChI=1S/C14H16N2O3S/c1-16(2)20(17,18)14-8-6-12(7-9-14)19-13-5-3-4-11(15)10-13/h3-10H,15H2,1-2H3. The number of anilines is 1. The Kier molecular flexibility index (Phi) is 3.96. The number of ether oxygens (including phenoxy) is 1. The molecule has 0 aromatic heterocycles. The molecular formula is C14H16N2O3S. The Morgan fingerprint density at radius 3 is 2.20 bits per heavy atom. The predicted molar refractivity (Wildman–Crippen MR) is 78.2 cm³/mol. The molecule has 0 heterocycles. The summed E-state index contributed by atoms with van der Waals surface area (Å²) < 4.78 is 30.6. The molecule has 0 atom stereocenters. The lowest BCUT2D eigenvalue weighted by Gasteiger charge is -2.12. The van der Waals surface area contributed by atoms with Crippen LogP contribution >= 0.6 is 0 Å². The predicted octanol–water partition coefficient (Wildman–Crippen LogP) is 2.31. The first-order valence-corrected chi connectivity index (χ1v) is 7.39. The second-order valence-electron chi connectivity index (χ2n) is 4.43. The van der Waals surface area contributed by atoms with Crippen molar-refractivity contribution in [1.82, 2.24) is 4.31 Å². The molecule has 0 aliphatic heterocycles. The molecule has 0 amide bonds. The lowest BCUT2D eigenvalue weighted by Crippen LogP contribution is -2.22. The van der Waals surface area contributed by atoms with Crippen LogP contribution in [-0.4, -0.2) is 26.8 Å². The molecule has 2 rings (SSSR count). The summed E-state index contributed by atoms with van der Waals surface area (Å²) in [6.45, 7) is 0. The van der Waals surface area contributed by atoms with Crippen molar-refractivity contribution in [1.29, 1.82) is 0 Å². The second kappa shape index (κ2) is 5.52. The average molecular weight is 292 g/mol. The Morgan fingerprint density at radius 1 is 1.00 bits per heavy atom. The number of sulfonamides is 1. The van der Waals surface area contributed by atoms with Gasteiger partial charge in [0.1, 0.15) is 11.5 Å². The summed E-state index contributed by atoms with van der Waals surface area (Å²) in [6.07, 6.45) is 0. The summed E-state index contributed by atoms with van der Waals surface area (Å²) in [5, 5.41) is 0. The summed E-state index contributed by atoms with van der Waals surface area (Å²) in [6, 6.07) is 13.3. The molecule has 20 heavy (non-hydrogen) atoms. The molecule has 0 aliphatic carbocycles. The Hall–Kier alpha value is -2.05. The van der Waals surface area contributed by atoms with Gasteiger partial charge >= 0.3 is 0 Å². The molecular weight excluding hydrogens is 276 g/mol. The Morgan fingerprint density at radius 2 is 1.65 bits per heavy atom. The highest BCUT2D eigenvalue weighted by Gasteiger charge is 2.16. The van der Waals surface area contributed by atoms with E-state index in [9.17, 15) is 8.42 Å². The Bertz CT molecular complexity index is 695. The summed E-state index contributed by atoms with van der Waals surface area (Å²) in [5.41, 5.74) is 6.27. The van der Waals surface area contributed by atoms with E-state index in [0.717, 1.165) is 0 Å². The highest BCUT2D eigenvalue weighted by Crippen LogP contribution is 2.24. The van der Waals surface area contributed by atoms with Gasteiger partial charge in [0.05, 0.1) is 4.90 Å². The number of hydrogen-bond donors (Lipinski definition) is 1. The first-order valence-electron chi connectivity index (χ1n) is 5.95. The molecule has 2 aromatic rings. The molecule has 0 saturated heterocycles. The zero-order chi connectivity index (χ0) is 14.8. The first kappa shape index (κ1) is 14.4. The van der Waals surface area contributed by atoms with E-state index in [1.165, 1.54) is 30.5 Å². The monoisotopic (exact) mass is 292 g/mol. The maximum atomic E-state index is 11.9. The van der Waals surface area contributed by atoms with Crippen LogP contribution in [0.25, 0.3) is 0 Å². The molecule has 0 spiro atoms. The van der Waals surface area contributed by atoms with E-state index in [-0.39, 0.29) is 4.90 Å². The zero-order valence-corrected chi connectivity index (χ0v) is 12.1. The third kappa shape index (κ3) is 3.09. The molecule has 106 valence electrons. The quantitative estimate of drug-likeness (QED) is 0.878. The minimum absolute atomic E-state index is 0.224. The number of nitrogens with zero attached hydrogens (tertiary/aromatic N) is 1. The minimum Gasteiger partial charge on any atom is -0.457 e. The van der Waals surface area contributed by atoms with Gasteiger partial charge in [-0.3, -0.25) is 0 Å². The molecule has 0 aliphatic rings. The molecule has 0 radical (unpaired) electrons. The van der Waals surface area contributed by atoms with Crippen molar-refractivity contribution in [3.8, 4) is 11.5 Å². The third-order valence-electron chi connectivity index (χ3n) is 2.70. The molecule has 2 aromatic carbocycles. The van der Waals surface area contributed by atoms with Gasteiger partial charge in [0.15, 0.2) is 0 Å². The van der Waals surface area contributed by atoms with Gasteiger partial charge in [-0.2, -0.15) is 0 Å². The molecule has 0 unspecified atom stereocenters. The Labute approximate surface area is 118 Å². The highest BCUT2D eigenvalue weighted by molar-refractivity contribution is 7.89. The van der Waals surface area contributed by atoms with E-state index < -0.39 is 10.0 Å². The summed E-state index contributed by atoms with van der Waals surface area (Å²) in [4.78, 5) is 0.224. The van der Waals surface area contributed by atoms with Crippen molar-refractivity contribution >= 4 is 15.7 Å². The van der Waals surface area contributed by atoms with Gasteiger partial charge in [-0.15, -0.1) is 0 Å². The summed E-state index contributed by atoms with van der Waals surface area (Å²) in [7, 11) is -0.430. The number of benzene rings is 2. The van der Waals surface area contributed by atoms with E-state index in [0.29, 0.717) is 17.2 Å². The topological polar surface area (TPSA) is 72.6 Å². The maximum absolute atomic E-state index is 11.9. The largest absolute Gasteiger partial charge is 0.457 e. The molecule has 6 heteroatoms. The van der Waals surface area contributed by atoms with Gasteiger partial charge in [0, 0.05) is 25.8 Å². The van der Waals surface area contributed by atoms with Gasteiger partial charge in [0.25, 0.3) is 0 Å². The van der Waals surface area contributed by atoms with Gasteiger partial charge in [-0.25, -0.2) is 12.7 Å². The van der Waals surface area contributed by atoms with E-state index >= 15 is 0 Å². The van der Waals surface area contributed by atoms with Gasteiger partial charge < -0.3 is 10.5 Å². The van der Waals surface area contributed by atoms with Crippen molar-refractivity contribution in [2.24, 2.45) is 0 Å². The number of rotatable bonds is 4. The fourth-order valence-corrected chi connectivity index (χ4v) is 2.51. The van der Waals surface area contributed by atoms with E-state index in [4.69, 9.17) is 10.5 Å². The van der Waals surface area contributed by atoms with Crippen LogP contribution in [0.2, 0.25) is 0 Å². The zero-order valence-electron chi connectivity index (χ0n) is 11.3. The molecule has 2 N–H and O–H groups in total. The lowest BCUT2D eigenvalue weighted by molar-refractivity contribution is 0.482. The molecule has 5 nitrogen and oxygen atoms in total. The van der Waals surface area contributed by atoms with Crippen molar-refractivity contribution < 1.29 is 13.2 Å². The van der Waals surface area contributed by atoms with Gasteiger partial charge in [-0.1, -0.05) is 6.07 Å². The number of nitrogens with two attached hydrogens (primary N) is 1. The fraction of sp³-hybridized carbons (Fsp3) is 0.143. The number of nitrogen functional groups attached to an aromatic ring is 1. The second-order valence-corrected chi connectivity index (χ2v) is 6.59. The normalized spacial score (nSPS) is 11.6. The lowest BCUT2D eigenvalue weighted by atomic mass is 10.3. The van der Waals surface area contributed by atoms with Crippen LogP contribution in [0.15, 0.2) is 53.4 Å². The van der Waals surface area contributed by atoms with Crippen molar-refractivity contribution in [3.05, 3.63) is 48.5 Å². The number of hydrogen-bond acceptors (Lipinski definition) is 4. The van der Waals surface area contributed by atoms with Crippen LogP contribution in [0, 0.1) is 0 Å². The highest BCUT2D eigenvalue weighted by atomic mass is 32.2. The minimum atomic E-state index is -3.42. The van der Waals surface area contributed by atoms with Crippen molar-refractivity contribution in [2.45, 2.75) is 4.90 Å². The van der Waals surface area contributed by atoms with Crippen molar-refractivity contribution in [3.63, 3.8) is 0 Å². The SMILES string of the molecule is CN(C)S(=O)(=O)c1ccc(Oc2cccc(N)c2)cc1. The molecule has 0 bridgehead atoms. The summed E-state index contributed by atoms with van der Waals surface area (Å²) >= 11 is 0. The molecule has 0 saturated carbocycles. The van der Waals surface area contributed by atoms with Crippen LogP contribution in [0.4, 0.5) is 5.69 Å². The average Bonchev–Trinajstić information content (AvgIpc) is 2.39. The third-order valence-corrected chi connectivity index (χ3v) is 4.53. The maximum Gasteiger partial charge on any atom is 0.242 e. The fourth-order valence-electron chi connectivity index (χ4n) is 1.60. The van der Waals surface area contributed by atoms with E-state index in [2.05, 4.69) is 0 Å². The van der Waals surface area contributed by atoms with Crippen LogP contribution in [0.5, 0.6) is 11.5 Å². The van der Waals surface area contributed by atoms with Crippen molar-refractivity contribution in [2.75, 3.05) is 19.8 Å².